The molecule has 0 aromatic carbocycles. The summed E-state index contributed by atoms with van der Waals surface area (Å²) in [7, 11) is 0. The summed E-state index contributed by atoms with van der Waals surface area (Å²) in [6, 6.07) is 0. The molecule has 74 valence electrons. The van der Waals surface area contributed by atoms with Crippen LogP contribution in [0.1, 0.15) is 36.1 Å². The Morgan fingerprint density at radius 2 is 2.14 bits per heavy atom. The molecule has 0 radical (unpaired) electrons. The van der Waals surface area contributed by atoms with Crippen molar-refractivity contribution < 1.29 is 0 Å². The molecule has 0 aliphatic heterocycles. The monoisotopic (exact) mass is 206 g/mol. The fourth-order valence-corrected chi connectivity index (χ4v) is 2.02. The Bertz CT molecular complexity index is 443. The van der Waals surface area contributed by atoms with Gasteiger partial charge in [-0.3, -0.25) is 5.10 Å². The van der Waals surface area contributed by atoms with Crippen molar-refractivity contribution in [2.24, 2.45) is 0 Å². The molecule has 0 amide bonds. The van der Waals surface area contributed by atoms with Gasteiger partial charge in [0.25, 0.3) is 0 Å². The molecule has 0 unspecified atom stereocenters. The molecule has 0 atom stereocenters. The van der Waals surface area contributed by atoms with Gasteiger partial charge < -0.3 is 0 Å². The van der Waals surface area contributed by atoms with Crippen LogP contribution in [0, 0.1) is 18.5 Å². The van der Waals surface area contributed by atoms with E-state index in [2.05, 4.69) is 30.1 Å². The van der Waals surface area contributed by atoms with Gasteiger partial charge in [-0.2, -0.15) is 5.10 Å². The topological polar surface area (TPSA) is 28.7 Å². The van der Waals surface area contributed by atoms with Gasteiger partial charge in [0.2, 0.25) is 0 Å². The molecule has 14 heavy (non-hydrogen) atoms. The maximum absolute atomic E-state index is 5.14. The molecule has 1 aliphatic rings. The van der Waals surface area contributed by atoms with Gasteiger partial charge >= 0.3 is 0 Å². The summed E-state index contributed by atoms with van der Waals surface area (Å²) in [5, 5.41) is 7.23. The Balaban J connectivity index is 2.54. The first-order valence-electron chi connectivity index (χ1n) is 4.95. The molecule has 2 nitrogen and oxygen atoms in total. The summed E-state index contributed by atoms with van der Waals surface area (Å²) in [4.78, 5) is 0. The fraction of sp³-hybridized carbons (Fsp3) is 0.455. The fourth-order valence-electron chi connectivity index (χ4n) is 1.82. The van der Waals surface area contributed by atoms with E-state index in [-0.39, 0.29) is 0 Å². The van der Waals surface area contributed by atoms with Crippen LogP contribution in [0.5, 0.6) is 0 Å². The first kappa shape index (κ1) is 9.59. The van der Waals surface area contributed by atoms with E-state index in [1.54, 1.807) is 0 Å². The lowest BCUT2D eigenvalue weighted by Gasteiger charge is -2.07. The highest BCUT2D eigenvalue weighted by Crippen LogP contribution is 2.28. The molecule has 3 heteroatoms. The van der Waals surface area contributed by atoms with E-state index in [9.17, 15) is 0 Å². The third-order valence-corrected chi connectivity index (χ3v) is 3.27. The van der Waals surface area contributed by atoms with Crippen LogP contribution in [-0.2, 0) is 0 Å². The number of aromatic amines is 1. The summed E-state index contributed by atoms with van der Waals surface area (Å²) >= 11 is 5.14. The van der Waals surface area contributed by atoms with Gasteiger partial charge in [-0.05, 0) is 49.8 Å². The van der Waals surface area contributed by atoms with Crippen molar-refractivity contribution >= 4 is 17.8 Å². The van der Waals surface area contributed by atoms with Crippen molar-refractivity contribution in [3.05, 3.63) is 27.5 Å². The number of nitrogens with one attached hydrogen (secondary N) is 1. The van der Waals surface area contributed by atoms with Gasteiger partial charge in [0.1, 0.15) is 4.64 Å². The van der Waals surface area contributed by atoms with Crippen molar-refractivity contribution in [3.63, 3.8) is 0 Å². The molecule has 1 heterocycles. The average Bonchev–Trinajstić information content (AvgIpc) is 2.67. The second-order valence-electron chi connectivity index (χ2n) is 3.77. The number of nitrogens with zero attached hydrogens (tertiary/aromatic N) is 1. The summed E-state index contributed by atoms with van der Waals surface area (Å²) in [5.74, 6) is 0. The smallest absolute Gasteiger partial charge is 0.122 e. The zero-order valence-electron chi connectivity index (χ0n) is 8.55. The van der Waals surface area contributed by atoms with E-state index >= 15 is 0 Å². The average molecular weight is 206 g/mol. The highest BCUT2D eigenvalue weighted by Gasteiger charge is 2.12. The second-order valence-corrected chi connectivity index (χ2v) is 4.18. The van der Waals surface area contributed by atoms with Crippen molar-refractivity contribution in [2.75, 3.05) is 0 Å². The van der Waals surface area contributed by atoms with E-state index in [0.29, 0.717) is 0 Å². The molecule has 1 aliphatic carbocycles. The third-order valence-electron chi connectivity index (χ3n) is 2.87. The SMILES string of the molecule is Cc1c(C2=CCCC2)n[nH]c(=S)c1C. The van der Waals surface area contributed by atoms with Crippen molar-refractivity contribution in [1.29, 1.82) is 0 Å². The van der Waals surface area contributed by atoms with Crippen LogP contribution >= 0.6 is 12.2 Å². The minimum atomic E-state index is 0.754. The van der Waals surface area contributed by atoms with E-state index in [1.165, 1.54) is 24.0 Å². The van der Waals surface area contributed by atoms with Gasteiger partial charge in [0.15, 0.2) is 0 Å². The molecule has 0 saturated carbocycles. The standard InChI is InChI=1S/C11H14N2S/c1-7-8(2)11(14)13-12-10(7)9-5-3-4-6-9/h5H,3-4,6H2,1-2H3,(H,13,14). The van der Waals surface area contributed by atoms with Crippen LogP contribution in [0.3, 0.4) is 0 Å². The second kappa shape index (κ2) is 3.65. The summed E-state index contributed by atoms with van der Waals surface area (Å²) in [5.41, 5.74) is 4.85. The molecule has 2 rings (SSSR count). The molecule has 0 bridgehead atoms. The number of rotatable bonds is 1. The lowest BCUT2D eigenvalue weighted by Crippen LogP contribution is -1.99. The zero-order valence-corrected chi connectivity index (χ0v) is 9.37. The van der Waals surface area contributed by atoms with Crippen molar-refractivity contribution in [3.8, 4) is 0 Å². The Morgan fingerprint density at radius 3 is 2.79 bits per heavy atom. The van der Waals surface area contributed by atoms with Gasteiger partial charge in [-0.25, -0.2) is 0 Å². The molecule has 0 spiro atoms. The van der Waals surface area contributed by atoms with E-state index in [4.69, 9.17) is 12.2 Å². The normalized spacial score (nSPS) is 15.7. The maximum Gasteiger partial charge on any atom is 0.122 e. The number of hydrogen-bond acceptors (Lipinski definition) is 2. The summed E-state index contributed by atoms with van der Waals surface area (Å²) < 4.78 is 0.754. The van der Waals surface area contributed by atoms with Gasteiger partial charge in [-0.1, -0.05) is 18.3 Å². The van der Waals surface area contributed by atoms with Crippen LogP contribution < -0.4 is 0 Å². The minimum absolute atomic E-state index is 0.754. The van der Waals surface area contributed by atoms with Gasteiger partial charge in [-0.15, -0.1) is 0 Å². The number of H-pyrrole nitrogens is 1. The van der Waals surface area contributed by atoms with Crippen LogP contribution in [-0.4, -0.2) is 10.2 Å². The third kappa shape index (κ3) is 1.52. The number of allylic oxidation sites excluding steroid dienone is 2. The van der Waals surface area contributed by atoms with Crippen LogP contribution in [0.4, 0.5) is 0 Å². The van der Waals surface area contributed by atoms with Crippen LogP contribution in [0.15, 0.2) is 6.08 Å². The lowest BCUT2D eigenvalue weighted by molar-refractivity contribution is 0.914. The summed E-state index contributed by atoms with van der Waals surface area (Å²) in [6.07, 6.45) is 5.87. The highest BCUT2D eigenvalue weighted by molar-refractivity contribution is 7.71. The number of aromatic nitrogens is 2. The Morgan fingerprint density at radius 1 is 1.36 bits per heavy atom. The first-order chi connectivity index (χ1) is 6.70. The molecule has 1 aromatic heterocycles. The zero-order chi connectivity index (χ0) is 10.1. The van der Waals surface area contributed by atoms with Crippen molar-refractivity contribution in [2.45, 2.75) is 33.1 Å². The van der Waals surface area contributed by atoms with Crippen LogP contribution in [0.25, 0.3) is 5.57 Å². The molecule has 0 saturated heterocycles. The predicted molar refractivity (Wildman–Crippen MR) is 60.7 cm³/mol. The maximum atomic E-state index is 5.14. The quantitative estimate of drug-likeness (QED) is 0.714. The lowest BCUT2D eigenvalue weighted by atomic mass is 10.0. The van der Waals surface area contributed by atoms with E-state index in [1.807, 2.05) is 0 Å². The van der Waals surface area contributed by atoms with E-state index in [0.717, 1.165) is 22.3 Å². The molecular weight excluding hydrogens is 192 g/mol. The van der Waals surface area contributed by atoms with Gasteiger partial charge in [0, 0.05) is 0 Å². The van der Waals surface area contributed by atoms with E-state index < -0.39 is 0 Å². The molecule has 0 fully saturated rings. The first-order valence-corrected chi connectivity index (χ1v) is 5.36. The molecular formula is C11H14N2S. The Hall–Kier alpha value is -0.960. The summed E-state index contributed by atoms with van der Waals surface area (Å²) in [6.45, 7) is 4.15. The number of hydrogen-bond donors (Lipinski definition) is 1. The Kier molecular flexibility index (Phi) is 2.50. The largest absolute Gasteiger partial charge is 0.267 e. The Labute approximate surface area is 89.1 Å². The molecule has 1 N–H and O–H groups in total. The van der Waals surface area contributed by atoms with Gasteiger partial charge in [0.05, 0.1) is 5.69 Å². The molecule has 1 aromatic rings. The van der Waals surface area contributed by atoms with Crippen molar-refractivity contribution in [1.82, 2.24) is 10.2 Å². The minimum Gasteiger partial charge on any atom is -0.267 e. The predicted octanol–water partition coefficient (Wildman–Crippen LogP) is 3.32. The van der Waals surface area contributed by atoms with Crippen LogP contribution in [0.2, 0.25) is 0 Å². The highest BCUT2D eigenvalue weighted by atomic mass is 32.1.